The lowest BCUT2D eigenvalue weighted by molar-refractivity contribution is 0.543. The van der Waals surface area contributed by atoms with E-state index in [9.17, 15) is 0 Å². The van der Waals surface area contributed by atoms with Gasteiger partial charge in [0.15, 0.2) is 5.82 Å². The molecule has 4 heteroatoms. The quantitative estimate of drug-likeness (QED) is 0.746. The molecule has 4 nitrogen and oxygen atoms in total. The van der Waals surface area contributed by atoms with Gasteiger partial charge in [0.25, 0.3) is 0 Å². The summed E-state index contributed by atoms with van der Waals surface area (Å²) in [6.07, 6.45) is 2.83. The van der Waals surface area contributed by atoms with Gasteiger partial charge in [-0.05, 0) is 20.3 Å². The van der Waals surface area contributed by atoms with Crippen LogP contribution < -0.4 is 11.1 Å². The van der Waals surface area contributed by atoms with Gasteiger partial charge in [-0.2, -0.15) is 5.10 Å². The molecule has 0 spiro atoms. The van der Waals surface area contributed by atoms with Crippen LogP contribution in [0.2, 0.25) is 0 Å². The summed E-state index contributed by atoms with van der Waals surface area (Å²) < 4.78 is 1.71. The fraction of sp³-hybridized carbons (Fsp3) is 0.667. The Morgan fingerprint density at radius 3 is 2.62 bits per heavy atom. The summed E-state index contributed by atoms with van der Waals surface area (Å²) in [7, 11) is 1.86. The summed E-state index contributed by atoms with van der Waals surface area (Å²) in [5.41, 5.74) is 6.50. The average molecular weight is 182 g/mol. The monoisotopic (exact) mass is 182 g/mol. The van der Waals surface area contributed by atoms with E-state index in [1.54, 1.807) is 10.9 Å². The summed E-state index contributed by atoms with van der Waals surface area (Å²) in [5.74, 6) is 0.773. The van der Waals surface area contributed by atoms with E-state index < -0.39 is 0 Å². The van der Waals surface area contributed by atoms with Crippen molar-refractivity contribution in [3.8, 4) is 0 Å². The minimum atomic E-state index is 0.0441. The van der Waals surface area contributed by atoms with Crippen LogP contribution in [0.25, 0.3) is 0 Å². The molecule has 1 heterocycles. The zero-order chi connectivity index (χ0) is 10.1. The zero-order valence-corrected chi connectivity index (χ0v) is 8.76. The van der Waals surface area contributed by atoms with Crippen LogP contribution >= 0.6 is 0 Å². The van der Waals surface area contributed by atoms with Crippen LogP contribution in [-0.2, 0) is 7.05 Å². The number of aromatic nitrogens is 2. The van der Waals surface area contributed by atoms with Crippen LogP contribution in [0.15, 0.2) is 6.20 Å². The van der Waals surface area contributed by atoms with Crippen molar-refractivity contribution in [2.75, 3.05) is 11.1 Å². The van der Waals surface area contributed by atoms with Crippen molar-refractivity contribution >= 4 is 11.5 Å². The van der Waals surface area contributed by atoms with Crippen LogP contribution in [0, 0.1) is 0 Å². The van der Waals surface area contributed by atoms with Crippen molar-refractivity contribution < 1.29 is 0 Å². The van der Waals surface area contributed by atoms with Gasteiger partial charge in [0.05, 0.1) is 5.69 Å². The summed E-state index contributed by atoms with van der Waals surface area (Å²) in [4.78, 5) is 0. The number of anilines is 2. The highest BCUT2D eigenvalue weighted by atomic mass is 15.3. The average Bonchev–Trinajstić information content (AvgIpc) is 2.30. The Hall–Kier alpha value is -1.19. The molecule has 3 N–H and O–H groups in total. The zero-order valence-electron chi connectivity index (χ0n) is 8.76. The molecular weight excluding hydrogens is 164 g/mol. The highest BCUT2D eigenvalue weighted by Crippen LogP contribution is 2.21. The minimum absolute atomic E-state index is 0.0441. The molecular formula is C9H18N4. The smallest absolute Gasteiger partial charge is 0.171 e. The second-order valence-corrected chi connectivity index (χ2v) is 3.97. The first-order chi connectivity index (χ1) is 5.94. The van der Waals surface area contributed by atoms with Crippen molar-refractivity contribution in [3.63, 3.8) is 0 Å². The SMILES string of the molecule is CCC(C)(C)Nc1nn(C)cc1N. The van der Waals surface area contributed by atoms with Crippen LogP contribution in [0.1, 0.15) is 27.2 Å². The molecule has 0 aliphatic heterocycles. The Balaban J connectivity index is 2.79. The molecule has 0 unspecified atom stereocenters. The maximum Gasteiger partial charge on any atom is 0.171 e. The predicted octanol–water partition coefficient (Wildman–Crippen LogP) is 1.60. The van der Waals surface area contributed by atoms with Crippen LogP contribution in [0.4, 0.5) is 11.5 Å². The van der Waals surface area contributed by atoms with E-state index >= 15 is 0 Å². The summed E-state index contributed by atoms with van der Waals surface area (Å²) in [5, 5.41) is 7.52. The molecule has 0 aromatic carbocycles. The normalized spacial score (nSPS) is 11.7. The largest absolute Gasteiger partial charge is 0.394 e. The Labute approximate surface area is 79.1 Å². The van der Waals surface area contributed by atoms with Crippen LogP contribution in [-0.4, -0.2) is 15.3 Å². The predicted molar refractivity (Wildman–Crippen MR) is 55.6 cm³/mol. The van der Waals surface area contributed by atoms with Gasteiger partial charge in [0.1, 0.15) is 0 Å². The second-order valence-electron chi connectivity index (χ2n) is 3.97. The van der Waals surface area contributed by atoms with Gasteiger partial charge in [-0.25, -0.2) is 0 Å². The molecule has 13 heavy (non-hydrogen) atoms. The van der Waals surface area contributed by atoms with E-state index in [4.69, 9.17) is 5.73 Å². The second kappa shape index (κ2) is 3.28. The Morgan fingerprint density at radius 2 is 2.23 bits per heavy atom. The van der Waals surface area contributed by atoms with Crippen LogP contribution in [0.3, 0.4) is 0 Å². The molecule has 1 aromatic heterocycles. The fourth-order valence-electron chi connectivity index (χ4n) is 1.01. The molecule has 0 fully saturated rings. The Morgan fingerprint density at radius 1 is 1.62 bits per heavy atom. The van der Waals surface area contributed by atoms with E-state index in [-0.39, 0.29) is 5.54 Å². The molecule has 0 aliphatic carbocycles. The third-order valence-electron chi connectivity index (χ3n) is 2.20. The number of hydrogen-bond donors (Lipinski definition) is 2. The number of nitrogens with two attached hydrogens (primary N) is 1. The van der Waals surface area contributed by atoms with E-state index in [2.05, 4.69) is 31.2 Å². The third-order valence-corrected chi connectivity index (χ3v) is 2.20. The molecule has 0 aliphatic rings. The number of nitrogens with one attached hydrogen (secondary N) is 1. The Bertz CT molecular complexity index is 288. The number of hydrogen-bond acceptors (Lipinski definition) is 3. The van der Waals surface area contributed by atoms with Crippen molar-refractivity contribution in [2.45, 2.75) is 32.7 Å². The molecule has 0 radical (unpaired) electrons. The molecule has 1 aromatic rings. The molecule has 0 amide bonds. The van der Waals surface area contributed by atoms with Crippen LogP contribution in [0.5, 0.6) is 0 Å². The number of aryl methyl sites for hydroxylation is 1. The van der Waals surface area contributed by atoms with Crippen molar-refractivity contribution in [1.29, 1.82) is 0 Å². The lowest BCUT2D eigenvalue weighted by atomic mass is 10.0. The first kappa shape index (κ1) is 9.89. The number of rotatable bonds is 3. The van der Waals surface area contributed by atoms with Gasteiger partial charge in [-0.3, -0.25) is 4.68 Å². The highest BCUT2D eigenvalue weighted by molar-refractivity contribution is 5.60. The molecule has 1 rings (SSSR count). The Kier molecular flexibility index (Phi) is 2.50. The molecule has 0 atom stereocenters. The summed E-state index contributed by atoms with van der Waals surface area (Å²) in [6.45, 7) is 6.38. The van der Waals surface area contributed by atoms with Crippen molar-refractivity contribution in [1.82, 2.24) is 9.78 Å². The first-order valence-corrected chi connectivity index (χ1v) is 4.52. The first-order valence-electron chi connectivity index (χ1n) is 4.52. The van der Waals surface area contributed by atoms with E-state index in [0.29, 0.717) is 5.69 Å². The van der Waals surface area contributed by atoms with Crippen molar-refractivity contribution in [3.05, 3.63) is 6.20 Å². The lowest BCUT2D eigenvalue weighted by Gasteiger charge is -2.24. The maximum atomic E-state index is 5.76. The maximum absolute atomic E-state index is 5.76. The van der Waals surface area contributed by atoms with E-state index in [1.807, 2.05) is 7.05 Å². The van der Waals surface area contributed by atoms with Gasteiger partial charge in [-0.15, -0.1) is 0 Å². The van der Waals surface area contributed by atoms with Gasteiger partial charge in [0.2, 0.25) is 0 Å². The summed E-state index contributed by atoms with van der Waals surface area (Å²) >= 11 is 0. The lowest BCUT2D eigenvalue weighted by Crippen LogP contribution is -2.30. The topological polar surface area (TPSA) is 55.9 Å². The van der Waals surface area contributed by atoms with Crippen molar-refractivity contribution in [2.24, 2.45) is 7.05 Å². The molecule has 0 bridgehead atoms. The van der Waals surface area contributed by atoms with Gasteiger partial charge in [-0.1, -0.05) is 6.92 Å². The molecule has 0 saturated heterocycles. The van der Waals surface area contributed by atoms with Gasteiger partial charge in [0, 0.05) is 18.8 Å². The highest BCUT2D eigenvalue weighted by Gasteiger charge is 2.17. The molecule has 0 saturated carbocycles. The van der Waals surface area contributed by atoms with Gasteiger partial charge >= 0.3 is 0 Å². The molecule has 74 valence electrons. The number of nitrogens with zero attached hydrogens (tertiary/aromatic N) is 2. The number of nitrogen functional groups attached to an aromatic ring is 1. The van der Waals surface area contributed by atoms with Gasteiger partial charge < -0.3 is 11.1 Å². The fourth-order valence-corrected chi connectivity index (χ4v) is 1.01. The minimum Gasteiger partial charge on any atom is -0.394 e. The third kappa shape index (κ3) is 2.37. The standard InChI is InChI=1S/C9H18N4/c1-5-9(2,3)11-8-7(10)6-13(4)12-8/h6H,5,10H2,1-4H3,(H,11,12). The van der Waals surface area contributed by atoms with E-state index in [1.165, 1.54) is 0 Å². The van der Waals surface area contributed by atoms with E-state index in [0.717, 1.165) is 12.2 Å². The summed E-state index contributed by atoms with van der Waals surface area (Å²) in [6, 6.07) is 0.